The summed E-state index contributed by atoms with van der Waals surface area (Å²) in [6.45, 7) is 6.01. The van der Waals surface area contributed by atoms with Crippen molar-refractivity contribution in [3.8, 4) is 0 Å². The average Bonchev–Trinajstić information content (AvgIpc) is 3.21. The number of carbonyl (C=O) groups is 5. The summed E-state index contributed by atoms with van der Waals surface area (Å²) in [7, 11) is 0. The first kappa shape index (κ1) is 27.0. The van der Waals surface area contributed by atoms with Crippen LogP contribution in [0.4, 0.5) is 0 Å². The van der Waals surface area contributed by atoms with Gasteiger partial charge in [0, 0.05) is 40.1 Å². The number of pyridine rings is 1. The Hall–Kier alpha value is -3.58. The molecule has 1 fully saturated rings. The van der Waals surface area contributed by atoms with E-state index in [1.165, 1.54) is 18.3 Å². The number of aromatic nitrogens is 1. The van der Waals surface area contributed by atoms with E-state index in [0.717, 1.165) is 36.4 Å². The minimum Gasteiger partial charge on any atom is -0.463 e. The van der Waals surface area contributed by atoms with Crippen molar-refractivity contribution in [2.45, 2.75) is 65.3 Å². The minimum atomic E-state index is -1.38. The molecule has 1 aliphatic rings. The molecule has 3 rings (SSSR count). The molecule has 36 heavy (non-hydrogen) atoms. The van der Waals surface area contributed by atoms with Crippen molar-refractivity contribution >= 4 is 51.2 Å². The zero-order chi connectivity index (χ0) is 26.6. The zero-order valence-corrected chi connectivity index (χ0v) is 21.1. The summed E-state index contributed by atoms with van der Waals surface area (Å²) in [5.74, 6) is -3.46. The summed E-state index contributed by atoms with van der Waals surface area (Å²) in [6, 6.07) is 1.69. The third kappa shape index (κ3) is 6.55. The van der Waals surface area contributed by atoms with E-state index in [1.54, 1.807) is 18.5 Å². The van der Waals surface area contributed by atoms with Crippen LogP contribution in [0.5, 0.6) is 0 Å². The number of rotatable bonds is 7. The van der Waals surface area contributed by atoms with E-state index < -0.39 is 67.0 Å². The maximum atomic E-state index is 13.2. The molecule has 0 aliphatic carbocycles. The molecule has 2 aromatic heterocycles. The summed E-state index contributed by atoms with van der Waals surface area (Å²) in [5.41, 5.74) is 0.884. The van der Waals surface area contributed by atoms with Crippen LogP contribution in [0.15, 0.2) is 18.5 Å². The number of fused-ring (bicyclic) bond motifs is 1. The van der Waals surface area contributed by atoms with Crippen molar-refractivity contribution in [2.24, 2.45) is 0 Å². The summed E-state index contributed by atoms with van der Waals surface area (Å²) in [4.78, 5) is 64.7. The van der Waals surface area contributed by atoms with Crippen LogP contribution in [-0.2, 0) is 42.9 Å². The second kappa shape index (κ2) is 11.4. The second-order valence-electron chi connectivity index (χ2n) is 8.07. The van der Waals surface area contributed by atoms with Crippen LogP contribution in [0.1, 0.15) is 42.9 Å². The van der Waals surface area contributed by atoms with E-state index in [4.69, 9.17) is 23.7 Å². The van der Waals surface area contributed by atoms with Crippen LogP contribution >= 0.6 is 11.3 Å². The Kier molecular flexibility index (Phi) is 8.58. The lowest BCUT2D eigenvalue weighted by Gasteiger charge is -2.44. The summed E-state index contributed by atoms with van der Waals surface area (Å²) in [6.07, 6.45) is -3.25. The third-order valence-corrected chi connectivity index (χ3v) is 6.20. The van der Waals surface area contributed by atoms with E-state index in [2.05, 4.69) is 10.3 Å². The highest BCUT2D eigenvalue weighted by Gasteiger charge is 2.52. The maximum Gasteiger partial charge on any atom is 0.303 e. The highest BCUT2D eigenvalue weighted by molar-refractivity contribution is 7.20. The van der Waals surface area contributed by atoms with Crippen molar-refractivity contribution in [3.05, 3.63) is 28.9 Å². The molecule has 5 atom stereocenters. The molecule has 0 bridgehead atoms. The molecule has 0 spiro atoms. The number of nitrogens with zero attached hydrogens (tertiary/aromatic N) is 1. The van der Waals surface area contributed by atoms with Crippen molar-refractivity contribution in [3.63, 3.8) is 0 Å². The SMILES string of the molecule is CC(=O)OC[C@H]1O[C@@H](NC(=O)c2cc3c(C)cncc3s2)[C@H](OC(C)=O)[C@@H](OC(C)=O)[C@@H]1OC(C)=O. The van der Waals surface area contributed by atoms with E-state index in [9.17, 15) is 24.0 Å². The normalized spacial score (nSPS) is 23.4. The molecule has 3 heterocycles. The number of ether oxygens (including phenoxy) is 5. The van der Waals surface area contributed by atoms with Crippen LogP contribution < -0.4 is 5.32 Å². The van der Waals surface area contributed by atoms with Gasteiger partial charge in [-0.05, 0) is 23.9 Å². The Morgan fingerprint density at radius 3 is 2.11 bits per heavy atom. The molecule has 0 radical (unpaired) electrons. The highest BCUT2D eigenvalue weighted by Crippen LogP contribution is 2.30. The van der Waals surface area contributed by atoms with Gasteiger partial charge in [0.1, 0.15) is 12.7 Å². The molecule has 1 N–H and O–H groups in total. The minimum absolute atomic E-state index is 0.328. The van der Waals surface area contributed by atoms with Crippen molar-refractivity contribution in [2.75, 3.05) is 6.61 Å². The smallest absolute Gasteiger partial charge is 0.303 e. The molecule has 1 amide bonds. The van der Waals surface area contributed by atoms with Crippen molar-refractivity contribution < 1.29 is 47.7 Å². The van der Waals surface area contributed by atoms with Gasteiger partial charge in [0.05, 0.1) is 9.58 Å². The van der Waals surface area contributed by atoms with Crippen LogP contribution in [0.25, 0.3) is 10.1 Å². The lowest BCUT2D eigenvalue weighted by Crippen LogP contribution is -2.66. The quantitative estimate of drug-likeness (QED) is 0.414. The molecule has 194 valence electrons. The average molecular weight is 523 g/mol. The maximum absolute atomic E-state index is 13.2. The summed E-state index contributed by atoms with van der Waals surface area (Å²) >= 11 is 1.20. The Morgan fingerprint density at radius 1 is 0.917 bits per heavy atom. The van der Waals surface area contributed by atoms with E-state index >= 15 is 0 Å². The molecular formula is C23H26N2O10S. The Morgan fingerprint density at radius 2 is 1.53 bits per heavy atom. The predicted octanol–water partition coefficient (Wildman–Crippen LogP) is 1.42. The fourth-order valence-corrected chi connectivity index (χ4v) is 4.76. The number of hydrogen-bond acceptors (Lipinski definition) is 12. The zero-order valence-electron chi connectivity index (χ0n) is 20.3. The van der Waals surface area contributed by atoms with E-state index in [-0.39, 0.29) is 0 Å². The van der Waals surface area contributed by atoms with Gasteiger partial charge in [0.2, 0.25) is 0 Å². The molecule has 0 unspecified atom stereocenters. The van der Waals surface area contributed by atoms with Crippen LogP contribution in [-0.4, -0.2) is 72.0 Å². The topological polar surface area (TPSA) is 156 Å². The fraction of sp³-hybridized carbons (Fsp3) is 0.478. The highest BCUT2D eigenvalue weighted by atomic mass is 32.1. The van der Waals surface area contributed by atoms with Crippen LogP contribution in [0.2, 0.25) is 0 Å². The first-order chi connectivity index (χ1) is 17.0. The van der Waals surface area contributed by atoms with E-state index in [0.29, 0.717) is 4.88 Å². The van der Waals surface area contributed by atoms with Crippen LogP contribution in [0.3, 0.4) is 0 Å². The Balaban J connectivity index is 1.97. The standard InChI is InChI=1S/C23H26N2O10S/c1-10-7-24-8-18-15(10)6-17(36-18)22(30)25-23-21(34-14(5)29)20(33-13(4)28)19(32-12(3)27)16(35-23)9-31-11(2)26/h6-8,16,19-21,23H,9H2,1-5H3,(H,25,30)/t16-,19-,20+,21-,23-/m1/s1. The molecule has 0 saturated carbocycles. The van der Waals surface area contributed by atoms with Gasteiger partial charge >= 0.3 is 23.9 Å². The Bertz CT molecular complexity index is 1180. The summed E-state index contributed by atoms with van der Waals surface area (Å²) < 4.78 is 27.8. The first-order valence-corrected chi connectivity index (χ1v) is 11.7. The number of amides is 1. The molecule has 13 heteroatoms. The van der Waals surface area contributed by atoms with E-state index in [1.807, 2.05) is 6.92 Å². The molecule has 1 aliphatic heterocycles. The fourth-order valence-electron chi connectivity index (χ4n) is 3.75. The lowest BCUT2D eigenvalue weighted by atomic mass is 9.97. The van der Waals surface area contributed by atoms with Gasteiger partial charge in [-0.15, -0.1) is 11.3 Å². The van der Waals surface area contributed by atoms with Crippen molar-refractivity contribution in [1.29, 1.82) is 0 Å². The number of hydrogen-bond donors (Lipinski definition) is 1. The number of esters is 4. The van der Waals surface area contributed by atoms with Gasteiger partial charge in [0.25, 0.3) is 5.91 Å². The van der Waals surface area contributed by atoms with Gasteiger partial charge < -0.3 is 29.0 Å². The number of aryl methyl sites for hydroxylation is 1. The molecular weight excluding hydrogens is 496 g/mol. The third-order valence-electron chi connectivity index (χ3n) is 5.13. The second-order valence-corrected chi connectivity index (χ2v) is 9.16. The van der Waals surface area contributed by atoms with Gasteiger partial charge in [-0.1, -0.05) is 0 Å². The lowest BCUT2D eigenvalue weighted by molar-refractivity contribution is -0.255. The van der Waals surface area contributed by atoms with Gasteiger partial charge in [-0.3, -0.25) is 29.0 Å². The van der Waals surface area contributed by atoms with Crippen LogP contribution in [0, 0.1) is 6.92 Å². The summed E-state index contributed by atoms with van der Waals surface area (Å²) in [5, 5.41) is 3.49. The predicted molar refractivity (Wildman–Crippen MR) is 124 cm³/mol. The molecule has 12 nitrogen and oxygen atoms in total. The molecule has 1 saturated heterocycles. The van der Waals surface area contributed by atoms with Gasteiger partial charge in [0.15, 0.2) is 24.5 Å². The van der Waals surface area contributed by atoms with Gasteiger partial charge in [-0.25, -0.2) is 0 Å². The number of thiophene rings is 1. The van der Waals surface area contributed by atoms with Crippen molar-refractivity contribution in [1.82, 2.24) is 10.3 Å². The number of carbonyl (C=O) groups excluding carboxylic acids is 5. The monoisotopic (exact) mass is 522 g/mol. The largest absolute Gasteiger partial charge is 0.463 e. The van der Waals surface area contributed by atoms with Gasteiger partial charge in [-0.2, -0.15) is 0 Å². The first-order valence-electron chi connectivity index (χ1n) is 10.9. The number of nitrogens with one attached hydrogen (secondary N) is 1. The Labute approximate surface area is 210 Å². The molecule has 2 aromatic rings. The molecule has 0 aromatic carbocycles.